The van der Waals surface area contributed by atoms with Crippen LogP contribution in [0, 0.1) is 5.82 Å². The first kappa shape index (κ1) is 14.3. The largest absolute Gasteiger partial charge is 0.444 e. The third-order valence-electron chi connectivity index (χ3n) is 1.73. The summed E-state index contributed by atoms with van der Waals surface area (Å²) in [6.07, 6.45) is 1.39. The smallest absolute Gasteiger partial charge is 0.151 e. The van der Waals surface area contributed by atoms with Gasteiger partial charge in [0, 0.05) is 11.6 Å². The lowest BCUT2D eigenvalue weighted by Gasteiger charge is -2.09. The standard InChI is InChI=1S/C9H12FN2OS.ClH/c1-6(11)7-4-3-5-8(9(7)10)12-14(2)13;/h3-6H,11H2,1-2H3;1H/q-1;. The van der Waals surface area contributed by atoms with E-state index in [1.54, 1.807) is 19.1 Å². The highest BCUT2D eigenvalue weighted by molar-refractivity contribution is 7.74. The van der Waals surface area contributed by atoms with E-state index in [0.29, 0.717) is 5.56 Å². The maximum Gasteiger partial charge on any atom is 0.151 e. The Morgan fingerprint density at radius 3 is 2.60 bits per heavy atom. The van der Waals surface area contributed by atoms with Crippen molar-refractivity contribution in [2.75, 3.05) is 6.26 Å². The number of hydrogen-bond donors (Lipinski definition) is 1. The van der Waals surface area contributed by atoms with Crippen molar-refractivity contribution in [1.29, 1.82) is 0 Å². The van der Waals surface area contributed by atoms with E-state index in [-0.39, 0.29) is 18.1 Å². The lowest BCUT2D eigenvalue weighted by Crippen LogP contribution is -2.07. The van der Waals surface area contributed by atoms with Crippen molar-refractivity contribution in [1.82, 2.24) is 0 Å². The Morgan fingerprint density at radius 1 is 1.53 bits per heavy atom. The van der Waals surface area contributed by atoms with E-state index in [1.807, 2.05) is 0 Å². The van der Waals surface area contributed by atoms with Gasteiger partial charge in [0.15, 0.2) is 5.82 Å². The summed E-state index contributed by atoms with van der Waals surface area (Å²) < 4.78 is 28.0. The van der Waals surface area contributed by atoms with Gasteiger partial charge in [0.25, 0.3) is 0 Å². The third-order valence-corrected chi connectivity index (χ3v) is 2.18. The van der Waals surface area contributed by atoms with Gasteiger partial charge < -0.3 is 14.3 Å². The van der Waals surface area contributed by atoms with Gasteiger partial charge in [-0.2, -0.15) is 10.6 Å². The molecule has 0 aliphatic carbocycles. The fourth-order valence-electron chi connectivity index (χ4n) is 1.10. The van der Waals surface area contributed by atoms with Crippen molar-refractivity contribution in [3.8, 4) is 0 Å². The van der Waals surface area contributed by atoms with Gasteiger partial charge in [-0.1, -0.05) is 12.1 Å². The van der Waals surface area contributed by atoms with E-state index in [0.717, 1.165) is 0 Å². The molecule has 1 atom stereocenters. The van der Waals surface area contributed by atoms with Crippen molar-refractivity contribution >= 4 is 28.7 Å². The van der Waals surface area contributed by atoms with E-state index in [2.05, 4.69) is 4.36 Å². The van der Waals surface area contributed by atoms with Crippen molar-refractivity contribution < 1.29 is 8.60 Å². The second kappa shape index (κ2) is 6.05. The average Bonchev–Trinajstić information content (AvgIpc) is 2.07. The van der Waals surface area contributed by atoms with Crippen LogP contribution >= 0.6 is 12.4 Å². The number of benzene rings is 1. The summed E-state index contributed by atoms with van der Waals surface area (Å²) in [4.78, 5) is 0. The summed E-state index contributed by atoms with van der Waals surface area (Å²) in [6, 6.07) is 4.32. The molecule has 0 aliphatic rings. The Hall–Kier alpha value is -0.650. The van der Waals surface area contributed by atoms with E-state index >= 15 is 0 Å². The van der Waals surface area contributed by atoms with Gasteiger partial charge in [-0.25, -0.2) is 4.39 Å². The lowest BCUT2D eigenvalue weighted by molar-refractivity contribution is 0.592. The molecule has 0 heterocycles. The highest BCUT2D eigenvalue weighted by Crippen LogP contribution is 2.24. The van der Waals surface area contributed by atoms with Gasteiger partial charge in [0.1, 0.15) is 0 Å². The molecular weight excluding hydrogens is 239 g/mol. The van der Waals surface area contributed by atoms with Crippen LogP contribution in [-0.2, 0) is 14.8 Å². The van der Waals surface area contributed by atoms with Crippen LogP contribution in [0.5, 0.6) is 0 Å². The minimum Gasteiger partial charge on any atom is -0.444 e. The van der Waals surface area contributed by atoms with Gasteiger partial charge in [0.2, 0.25) is 0 Å². The van der Waals surface area contributed by atoms with Crippen molar-refractivity contribution in [3.63, 3.8) is 0 Å². The van der Waals surface area contributed by atoms with E-state index in [9.17, 15) is 8.60 Å². The quantitative estimate of drug-likeness (QED) is 0.822. The van der Waals surface area contributed by atoms with Crippen molar-refractivity contribution in [2.45, 2.75) is 13.0 Å². The molecule has 3 nitrogen and oxygen atoms in total. The molecule has 1 unspecified atom stereocenters. The second-order valence-corrected chi connectivity index (χ2v) is 4.01. The first-order valence-electron chi connectivity index (χ1n) is 4.11. The lowest BCUT2D eigenvalue weighted by atomic mass is 10.1. The maximum absolute atomic E-state index is 13.6. The topological polar surface area (TPSA) is 55.4 Å². The Balaban J connectivity index is 0.00000196. The van der Waals surface area contributed by atoms with Crippen LogP contribution in [0.25, 0.3) is 0 Å². The molecule has 0 aromatic heterocycles. The van der Waals surface area contributed by atoms with Crippen LogP contribution in [0.15, 0.2) is 22.6 Å². The summed E-state index contributed by atoms with van der Waals surface area (Å²) in [6.45, 7) is 1.69. The van der Waals surface area contributed by atoms with Gasteiger partial charge >= 0.3 is 0 Å². The molecule has 1 rings (SSSR count). The molecule has 0 radical (unpaired) electrons. The SMILES string of the molecule is CC(N)c1cccc(N=[S-](C)=O)c1F.Cl. The number of halogens is 2. The van der Waals surface area contributed by atoms with Crippen LogP contribution in [0.3, 0.4) is 0 Å². The summed E-state index contributed by atoms with van der Waals surface area (Å²) in [5.41, 5.74) is 6.04. The molecule has 0 aliphatic heterocycles. The molecule has 0 saturated heterocycles. The average molecular weight is 252 g/mol. The molecule has 86 valence electrons. The highest BCUT2D eigenvalue weighted by Gasteiger charge is 2.08. The molecule has 2 N–H and O–H groups in total. The van der Waals surface area contributed by atoms with Crippen LogP contribution in [0.4, 0.5) is 10.1 Å². The Bertz CT molecular complexity index is 417. The van der Waals surface area contributed by atoms with Gasteiger partial charge in [-0.05, 0) is 13.0 Å². The van der Waals surface area contributed by atoms with Crippen LogP contribution in [-0.4, -0.2) is 6.26 Å². The Kier molecular flexibility index (Phi) is 5.79. The van der Waals surface area contributed by atoms with Crippen LogP contribution < -0.4 is 5.73 Å². The molecule has 0 bridgehead atoms. The molecule has 15 heavy (non-hydrogen) atoms. The number of nitrogens with two attached hydrogens (primary N) is 1. The second-order valence-electron chi connectivity index (χ2n) is 2.98. The van der Waals surface area contributed by atoms with Crippen LogP contribution in [0.2, 0.25) is 0 Å². The molecule has 0 fully saturated rings. The van der Waals surface area contributed by atoms with Crippen molar-refractivity contribution in [2.24, 2.45) is 10.1 Å². The summed E-state index contributed by atoms with van der Waals surface area (Å²) in [7, 11) is -1.40. The zero-order chi connectivity index (χ0) is 10.7. The first-order chi connectivity index (χ1) is 6.52. The van der Waals surface area contributed by atoms with Gasteiger partial charge in [-0.3, -0.25) is 0 Å². The van der Waals surface area contributed by atoms with Gasteiger partial charge in [-0.15, -0.1) is 18.7 Å². The predicted molar refractivity (Wildman–Crippen MR) is 62.3 cm³/mol. The molecule has 1 aromatic carbocycles. The molecule has 0 saturated carbocycles. The molecular formula is C9H13ClFN2OS-. The van der Waals surface area contributed by atoms with E-state index < -0.39 is 22.5 Å². The fourth-order valence-corrected chi connectivity index (χ4v) is 1.52. The normalized spacial score (nSPS) is 14.4. The minimum atomic E-state index is -1.40. The zero-order valence-corrected chi connectivity index (χ0v) is 10.1. The molecule has 0 spiro atoms. The maximum atomic E-state index is 13.6. The predicted octanol–water partition coefficient (Wildman–Crippen LogP) is 2.68. The number of nitrogens with zero attached hydrogens (tertiary/aromatic N) is 1. The summed E-state index contributed by atoms with van der Waals surface area (Å²) >= 11 is 0. The minimum absolute atomic E-state index is 0. The monoisotopic (exact) mass is 251 g/mol. The summed E-state index contributed by atoms with van der Waals surface area (Å²) in [5.74, 6) is -0.488. The number of hydrogen-bond acceptors (Lipinski definition) is 4. The Labute approximate surface area is 96.5 Å². The molecule has 6 heteroatoms. The summed E-state index contributed by atoms with van der Waals surface area (Å²) in [5, 5.41) is 0. The molecule has 0 amide bonds. The van der Waals surface area contributed by atoms with Crippen LogP contribution in [0.1, 0.15) is 18.5 Å². The highest BCUT2D eigenvalue weighted by atomic mass is 35.5. The van der Waals surface area contributed by atoms with Crippen molar-refractivity contribution in [3.05, 3.63) is 29.6 Å². The number of rotatable bonds is 2. The fraction of sp³-hybridized carbons (Fsp3) is 0.333. The van der Waals surface area contributed by atoms with E-state index in [1.165, 1.54) is 12.3 Å². The molecule has 1 aromatic rings. The zero-order valence-electron chi connectivity index (χ0n) is 8.44. The Morgan fingerprint density at radius 2 is 2.13 bits per heavy atom. The van der Waals surface area contributed by atoms with E-state index in [4.69, 9.17) is 5.73 Å². The van der Waals surface area contributed by atoms with Gasteiger partial charge in [0.05, 0.1) is 5.69 Å². The first-order valence-corrected chi connectivity index (χ1v) is 5.63. The third kappa shape index (κ3) is 3.77.